The summed E-state index contributed by atoms with van der Waals surface area (Å²) in [5, 5.41) is 0. The Balaban J connectivity index is 1.61. The molecule has 4 aliphatic carbocycles. The van der Waals surface area contributed by atoms with Gasteiger partial charge in [-0.05, 0) is 42.2 Å². The van der Waals surface area contributed by atoms with Gasteiger partial charge in [0.05, 0.1) is 17.5 Å². The number of hydrogen-bond acceptors (Lipinski definition) is 3. The van der Waals surface area contributed by atoms with Gasteiger partial charge in [0, 0.05) is 12.4 Å². The van der Waals surface area contributed by atoms with E-state index in [1.807, 2.05) is 0 Å². The van der Waals surface area contributed by atoms with E-state index in [1.54, 1.807) is 24.5 Å². The highest BCUT2D eigenvalue weighted by molar-refractivity contribution is 6.22. The van der Waals surface area contributed by atoms with Crippen LogP contribution in [0.1, 0.15) is 6.42 Å². The molecule has 1 aromatic heterocycles. The van der Waals surface area contributed by atoms with E-state index in [0.29, 0.717) is 29.4 Å². The molecule has 6 rings (SSSR count). The summed E-state index contributed by atoms with van der Waals surface area (Å²) in [5.74, 6) is 1.65. The number of pyridine rings is 1. The average molecular weight is 266 g/mol. The predicted molar refractivity (Wildman–Crippen MR) is 71.4 cm³/mol. The van der Waals surface area contributed by atoms with Crippen LogP contribution in [0.2, 0.25) is 0 Å². The van der Waals surface area contributed by atoms with Crippen LogP contribution in [0.3, 0.4) is 0 Å². The Morgan fingerprint density at radius 2 is 1.50 bits per heavy atom. The molecule has 6 atom stereocenters. The Bertz CT molecular complexity index is 618. The van der Waals surface area contributed by atoms with Crippen molar-refractivity contribution < 1.29 is 9.59 Å². The van der Waals surface area contributed by atoms with Crippen molar-refractivity contribution in [3.8, 4) is 0 Å². The van der Waals surface area contributed by atoms with Crippen LogP contribution in [0.5, 0.6) is 0 Å². The van der Waals surface area contributed by atoms with E-state index in [1.165, 1.54) is 11.3 Å². The molecule has 5 aliphatic rings. The van der Waals surface area contributed by atoms with Crippen molar-refractivity contribution >= 4 is 17.5 Å². The molecular weight excluding hydrogens is 252 g/mol. The molecule has 0 N–H and O–H groups in total. The summed E-state index contributed by atoms with van der Waals surface area (Å²) >= 11 is 0. The van der Waals surface area contributed by atoms with Gasteiger partial charge in [0.1, 0.15) is 0 Å². The van der Waals surface area contributed by atoms with Gasteiger partial charge in [-0.1, -0.05) is 12.2 Å². The van der Waals surface area contributed by atoms with Gasteiger partial charge in [0.25, 0.3) is 0 Å². The third-order valence-corrected chi connectivity index (χ3v) is 5.58. The van der Waals surface area contributed by atoms with Crippen LogP contribution in [-0.4, -0.2) is 16.8 Å². The van der Waals surface area contributed by atoms with Crippen molar-refractivity contribution in [2.75, 3.05) is 4.90 Å². The van der Waals surface area contributed by atoms with E-state index in [0.717, 1.165) is 0 Å². The lowest BCUT2D eigenvalue weighted by Crippen LogP contribution is -2.40. The minimum atomic E-state index is -0.116. The van der Waals surface area contributed by atoms with Crippen molar-refractivity contribution in [3.63, 3.8) is 0 Å². The number of allylic oxidation sites excluding steroid dienone is 2. The number of nitrogens with zero attached hydrogens (tertiary/aromatic N) is 2. The Morgan fingerprint density at radius 1 is 0.950 bits per heavy atom. The number of rotatable bonds is 1. The first-order valence-electron chi connectivity index (χ1n) is 7.23. The van der Waals surface area contributed by atoms with E-state index in [2.05, 4.69) is 17.1 Å². The molecule has 2 heterocycles. The van der Waals surface area contributed by atoms with E-state index < -0.39 is 0 Å². The Morgan fingerprint density at radius 3 is 2.05 bits per heavy atom. The first kappa shape index (κ1) is 10.8. The van der Waals surface area contributed by atoms with E-state index >= 15 is 0 Å². The molecule has 20 heavy (non-hydrogen) atoms. The summed E-state index contributed by atoms with van der Waals surface area (Å²) < 4.78 is 0. The molecule has 3 fully saturated rings. The van der Waals surface area contributed by atoms with Crippen molar-refractivity contribution in [1.29, 1.82) is 0 Å². The van der Waals surface area contributed by atoms with Crippen LogP contribution in [0.15, 0.2) is 36.7 Å². The maximum absolute atomic E-state index is 12.8. The summed E-state index contributed by atoms with van der Waals surface area (Å²) in [6, 6.07) is 3.48. The fourth-order valence-corrected chi connectivity index (χ4v) is 4.70. The molecule has 4 nitrogen and oxygen atoms in total. The maximum atomic E-state index is 12.8. The predicted octanol–water partition coefficient (Wildman–Crippen LogP) is 1.64. The number of amides is 2. The van der Waals surface area contributed by atoms with Crippen molar-refractivity contribution in [2.24, 2.45) is 35.5 Å². The zero-order valence-electron chi connectivity index (χ0n) is 10.8. The van der Waals surface area contributed by atoms with Crippen LogP contribution >= 0.6 is 0 Å². The smallest absolute Gasteiger partial charge is 0.238 e. The second-order valence-electron chi connectivity index (χ2n) is 6.37. The fraction of sp³-hybridized carbons (Fsp3) is 0.438. The maximum Gasteiger partial charge on any atom is 0.238 e. The summed E-state index contributed by atoms with van der Waals surface area (Å²) in [4.78, 5) is 30.9. The molecule has 2 amide bonds. The second-order valence-corrected chi connectivity index (χ2v) is 6.37. The molecule has 2 bridgehead atoms. The lowest BCUT2D eigenvalue weighted by atomic mass is 9.63. The standard InChI is InChI=1S/C16H14N2O2/c19-15-13-9-1-2-10(12-7-11(9)12)14(13)16(20)18(15)8-3-5-17-6-4-8/h1-6,9-14H,7H2/t9-,10-,11-,12-,13+,14+/m1/s1. The molecule has 0 aromatic carbocycles. The minimum absolute atomic E-state index is 0.00380. The van der Waals surface area contributed by atoms with Crippen LogP contribution in [0.25, 0.3) is 0 Å². The number of hydrogen-bond donors (Lipinski definition) is 0. The molecular formula is C16H14N2O2. The number of anilines is 1. The van der Waals surface area contributed by atoms with Gasteiger partial charge in [-0.2, -0.15) is 0 Å². The normalized spacial score (nSPS) is 43.7. The number of carbonyl (C=O) groups is 2. The highest BCUT2D eigenvalue weighted by Crippen LogP contribution is 2.65. The van der Waals surface area contributed by atoms with E-state index in [9.17, 15) is 9.59 Å². The van der Waals surface area contributed by atoms with Gasteiger partial charge in [-0.3, -0.25) is 14.6 Å². The molecule has 1 aromatic rings. The van der Waals surface area contributed by atoms with Gasteiger partial charge < -0.3 is 0 Å². The largest absolute Gasteiger partial charge is 0.274 e. The third-order valence-electron chi connectivity index (χ3n) is 5.58. The topological polar surface area (TPSA) is 50.3 Å². The summed E-state index contributed by atoms with van der Waals surface area (Å²) in [6.07, 6.45) is 8.85. The second kappa shape index (κ2) is 3.37. The van der Waals surface area contributed by atoms with E-state index in [4.69, 9.17) is 0 Å². The van der Waals surface area contributed by atoms with Gasteiger partial charge in [-0.15, -0.1) is 0 Å². The molecule has 4 heteroatoms. The number of imide groups is 1. The van der Waals surface area contributed by atoms with Crippen molar-refractivity contribution in [1.82, 2.24) is 4.98 Å². The molecule has 0 unspecified atom stereocenters. The fourth-order valence-electron chi connectivity index (χ4n) is 4.70. The monoisotopic (exact) mass is 266 g/mol. The van der Waals surface area contributed by atoms with Crippen molar-refractivity contribution in [2.45, 2.75) is 6.42 Å². The van der Waals surface area contributed by atoms with Gasteiger partial charge in [0.15, 0.2) is 0 Å². The van der Waals surface area contributed by atoms with Gasteiger partial charge in [0.2, 0.25) is 11.8 Å². The highest BCUT2D eigenvalue weighted by atomic mass is 16.2. The Kier molecular flexibility index (Phi) is 1.82. The molecule has 2 saturated carbocycles. The zero-order valence-corrected chi connectivity index (χ0v) is 10.8. The molecule has 0 radical (unpaired) electrons. The molecule has 1 aliphatic heterocycles. The lowest BCUT2D eigenvalue weighted by Gasteiger charge is -2.37. The summed E-state index contributed by atoms with van der Waals surface area (Å²) in [6.45, 7) is 0. The zero-order chi connectivity index (χ0) is 13.4. The van der Waals surface area contributed by atoms with Crippen molar-refractivity contribution in [3.05, 3.63) is 36.7 Å². The Hall–Kier alpha value is -1.97. The highest BCUT2D eigenvalue weighted by Gasteiger charge is 2.67. The van der Waals surface area contributed by atoms with Gasteiger partial charge in [-0.25, -0.2) is 4.90 Å². The summed E-state index contributed by atoms with van der Waals surface area (Å²) in [7, 11) is 0. The average Bonchev–Trinajstić information content (AvgIpc) is 3.25. The number of aromatic nitrogens is 1. The van der Waals surface area contributed by atoms with E-state index in [-0.39, 0.29) is 23.7 Å². The molecule has 0 spiro atoms. The van der Waals surface area contributed by atoms with Crippen LogP contribution in [0.4, 0.5) is 5.69 Å². The third kappa shape index (κ3) is 1.11. The lowest BCUT2D eigenvalue weighted by molar-refractivity contribution is -0.124. The quantitative estimate of drug-likeness (QED) is 0.573. The Labute approximate surface area is 116 Å². The first-order chi connectivity index (χ1) is 9.77. The number of carbonyl (C=O) groups excluding carboxylic acids is 2. The van der Waals surface area contributed by atoms with Crippen LogP contribution in [0, 0.1) is 35.5 Å². The van der Waals surface area contributed by atoms with Crippen LogP contribution < -0.4 is 4.90 Å². The first-order valence-corrected chi connectivity index (χ1v) is 7.23. The molecule has 100 valence electrons. The van der Waals surface area contributed by atoms with Crippen LogP contribution in [-0.2, 0) is 9.59 Å². The minimum Gasteiger partial charge on any atom is -0.274 e. The van der Waals surface area contributed by atoms with Gasteiger partial charge >= 0.3 is 0 Å². The summed E-state index contributed by atoms with van der Waals surface area (Å²) in [5.41, 5.74) is 0.664. The SMILES string of the molecule is O=C1[C@H]2[C@@H]3C=C[C@H]([C@H]4C[C@H]34)[C@@H]2C(=O)N1c1ccncc1. The molecule has 1 saturated heterocycles.